The average molecular weight is 459 g/mol. The van der Waals surface area contributed by atoms with Crippen molar-refractivity contribution in [2.75, 3.05) is 19.6 Å². The number of aromatic carboxylic acids is 1. The molecule has 0 spiro atoms. The second-order valence-electron chi connectivity index (χ2n) is 6.38. The maximum absolute atomic E-state index is 13.3. The van der Waals surface area contributed by atoms with E-state index in [-0.39, 0.29) is 28.7 Å². The van der Waals surface area contributed by atoms with Gasteiger partial charge < -0.3 is 10.0 Å². The van der Waals surface area contributed by atoms with Gasteiger partial charge in [0.2, 0.25) is 0 Å². The summed E-state index contributed by atoms with van der Waals surface area (Å²) in [5.41, 5.74) is 1.15. The van der Waals surface area contributed by atoms with Crippen LogP contribution in [0.25, 0.3) is 16.7 Å². The Hall–Kier alpha value is -1.99. The Labute approximate surface area is 184 Å². The molecule has 2 aromatic carbocycles. The van der Waals surface area contributed by atoms with Crippen LogP contribution in [-0.4, -0.2) is 44.7 Å². The van der Waals surface area contributed by atoms with Gasteiger partial charge in [0, 0.05) is 13.1 Å². The molecule has 1 N–H and O–H groups in total. The van der Waals surface area contributed by atoms with Crippen molar-refractivity contribution < 1.29 is 9.90 Å². The van der Waals surface area contributed by atoms with Crippen molar-refractivity contribution in [1.82, 2.24) is 14.0 Å². The zero-order valence-electron chi connectivity index (χ0n) is 16.1. The number of hydrogen-bond donors (Lipinski definition) is 1. The molecule has 1 aromatic heterocycles. The monoisotopic (exact) mass is 457 g/mol. The molecular formula is C20H22Cl3N3O3. The number of nitrogens with zero attached hydrogens (tertiary/aromatic N) is 3. The summed E-state index contributed by atoms with van der Waals surface area (Å²) in [4.78, 5) is 27.0. The third-order valence-electron chi connectivity index (χ3n) is 4.85. The number of imidazole rings is 1. The maximum atomic E-state index is 13.3. The normalized spacial score (nSPS) is 11.1. The summed E-state index contributed by atoms with van der Waals surface area (Å²) in [7, 11) is 0. The minimum Gasteiger partial charge on any atom is -0.478 e. The zero-order chi connectivity index (χ0) is 20.4. The molecule has 0 saturated heterocycles. The van der Waals surface area contributed by atoms with Crippen molar-refractivity contribution in [3.05, 3.63) is 62.5 Å². The molecule has 3 rings (SSSR count). The summed E-state index contributed by atoms with van der Waals surface area (Å²) in [6.45, 7) is 6.89. The molecule has 1 heterocycles. The first-order valence-electron chi connectivity index (χ1n) is 9.04. The lowest BCUT2D eigenvalue weighted by atomic mass is 10.2. The predicted molar refractivity (Wildman–Crippen MR) is 120 cm³/mol. The molecule has 0 aliphatic rings. The lowest BCUT2D eigenvalue weighted by molar-refractivity contribution is 0.0697. The predicted octanol–water partition coefficient (Wildman–Crippen LogP) is 4.56. The van der Waals surface area contributed by atoms with E-state index in [1.165, 1.54) is 16.7 Å². The molecule has 0 amide bonds. The highest BCUT2D eigenvalue weighted by Crippen LogP contribution is 2.30. The van der Waals surface area contributed by atoms with E-state index in [2.05, 4.69) is 18.7 Å². The van der Waals surface area contributed by atoms with Crippen molar-refractivity contribution >= 4 is 52.6 Å². The first kappa shape index (κ1) is 23.3. The Morgan fingerprint density at radius 1 is 1.10 bits per heavy atom. The molecule has 156 valence electrons. The summed E-state index contributed by atoms with van der Waals surface area (Å²) < 4.78 is 3.02. The van der Waals surface area contributed by atoms with E-state index in [9.17, 15) is 14.7 Å². The highest BCUT2D eigenvalue weighted by molar-refractivity contribution is 6.36. The largest absolute Gasteiger partial charge is 0.478 e. The Balaban J connectivity index is 0.00000300. The van der Waals surface area contributed by atoms with E-state index >= 15 is 0 Å². The number of carboxylic acid groups (broad SMARTS) is 1. The van der Waals surface area contributed by atoms with Crippen molar-refractivity contribution in [3.63, 3.8) is 0 Å². The highest BCUT2D eigenvalue weighted by Gasteiger charge is 2.21. The van der Waals surface area contributed by atoms with Crippen LogP contribution in [0.3, 0.4) is 0 Å². The van der Waals surface area contributed by atoms with Crippen LogP contribution in [0.1, 0.15) is 24.2 Å². The number of benzene rings is 2. The molecule has 0 fully saturated rings. The lowest BCUT2D eigenvalue weighted by Crippen LogP contribution is -2.31. The minimum absolute atomic E-state index is 0. The van der Waals surface area contributed by atoms with Crippen LogP contribution in [0.5, 0.6) is 0 Å². The van der Waals surface area contributed by atoms with Crippen LogP contribution in [0.2, 0.25) is 10.0 Å². The summed E-state index contributed by atoms with van der Waals surface area (Å²) in [5.74, 6) is -1.10. The second-order valence-corrected chi connectivity index (χ2v) is 7.19. The van der Waals surface area contributed by atoms with Gasteiger partial charge in [-0.1, -0.05) is 49.2 Å². The van der Waals surface area contributed by atoms with E-state index in [1.807, 2.05) is 0 Å². The van der Waals surface area contributed by atoms with E-state index in [0.717, 1.165) is 13.1 Å². The van der Waals surface area contributed by atoms with Crippen molar-refractivity contribution in [3.8, 4) is 5.69 Å². The topological polar surface area (TPSA) is 67.5 Å². The molecule has 29 heavy (non-hydrogen) atoms. The van der Waals surface area contributed by atoms with Gasteiger partial charge in [0.1, 0.15) is 0 Å². The summed E-state index contributed by atoms with van der Waals surface area (Å²) >= 11 is 12.8. The van der Waals surface area contributed by atoms with Gasteiger partial charge in [0.05, 0.1) is 32.3 Å². The third-order valence-corrected chi connectivity index (χ3v) is 5.46. The van der Waals surface area contributed by atoms with E-state index < -0.39 is 5.97 Å². The van der Waals surface area contributed by atoms with Gasteiger partial charge >= 0.3 is 11.7 Å². The molecule has 0 saturated carbocycles. The molecule has 0 bridgehead atoms. The van der Waals surface area contributed by atoms with Gasteiger partial charge in [-0.2, -0.15) is 0 Å². The molecule has 0 atom stereocenters. The number of carbonyl (C=O) groups is 1. The van der Waals surface area contributed by atoms with Crippen LogP contribution in [0.15, 0.2) is 41.2 Å². The first-order chi connectivity index (χ1) is 13.4. The average Bonchev–Trinajstić information content (AvgIpc) is 2.95. The van der Waals surface area contributed by atoms with Crippen LogP contribution < -0.4 is 5.69 Å². The number of likely N-dealkylation sites (N-methyl/N-ethyl adjacent to an activating group) is 1. The molecule has 0 aliphatic heterocycles. The molecule has 0 radical (unpaired) electrons. The first-order valence-corrected chi connectivity index (χ1v) is 9.79. The van der Waals surface area contributed by atoms with Gasteiger partial charge in [0.15, 0.2) is 0 Å². The van der Waals surface area contributed by atoms with Crippen molar-refractivity contribution in [1.29, 1.82) is 0 Å². The molecule has 3 aromatic rings. The van der Waals surface area contributed by atoms with E-state index in [4.69, 9.17) is 23.2 Å². The van der Waals surface area contributed by atoms with Gasteiger partial charge in [-0.25, -0.2) is 9.59 Å². The highest BCUT2D eigenvalue weighted by atomic mass is 35.5. The van der Waals surface area contributed by atoms with E-state index in [0.29, 0.717) is 34.8 Å². The van der Waals surface area contributed by atoms with Crippen LogP contribution in [0, 0.1) is 0 Å². The Morgan fingerprint density at radius 3 is 2.34 bits per heavy atom. The quantitative estimate of drug-likeness (QED) is 0.563. The fourth-order valence-corrected chi connectivity index (χ4v) is 3.83. The molecule has 0 aliphatic carbocycles. The van der Waals surface area contributed by atoms with Gasteiger partial charge in [-0.05, 0) is 37.4 Å². The minimum atomic E-state index is -1.10. The lowest BCUT2D eigenvalue weighted by Gasteiger charge is -2.18. The number of para-hydroxylation sites is 1. The van der Waals surface area contributed by atoms with Gasteiger partial charge in [0.25, 0.3) is 0 Å². The zero-order valence-corrected chi connectivity index (χ0v) is 18.4. The number of halogens is 3. The van der Waals surface area contributed by atoms with Crippen LogP contribution >= 0.6 is 35.6 Å². The fraction of sp³-hybridized carbons (Fsp3) is 0.300. The van der Waals surface area contributed by atoms with Crippen molar-refractivity contribution in [2.24, 2.45) is 0 Å². The summed E-state index contributed by atoms with van der Waals surface area (Å²) in [6, 6.07) is 9.84. The second kappa shape index (κ2) is 9.67. The number of rotatable bonds is 7. The molecular weight excluding hydrogens is 437 g/mol. The summed E-state index contributed by atoms with van der Waals surface area (Å²) in [6.07, 6.45) is 0. The third kappa shape index (κ3) is 4.46. The standard InChI is InChI=1S/C20H21Cl2N3O3.ClH/c1-3-23(4-2)9-10-24-17-12-13(19(26)27)11-15(22)18(17)25(20(24)28)16-8-6-5-7-14(16)21;/h5-8,11-12H,3-4,9-10H2,1-2H3,(H,26,27);1H. The Morgan fingerprint density at radius 2 is 1.76 bits per heavy atom. The smallest absolute Gasteiger partial charge is 0.335 e. The molecule has 0 unspecified atom stereocenters. The Kier molecular flexibility index (Phi) is 7.77. The maximum Gasteiger partial charge on any atom is 0.335 e. The molecule has 6 nitrogen and oxygen atoms in total. The fourth-order valence-electron chi connectivity index (χ4n) is 3.31. The summed E-state index contributed by atoms with van der Waals surface area (Å²) in [5, 5.41) is 10.0. The number of carboxylic acids is 1. The van der Waals surface area contributed by atoms with E-state index in [1.54, 1.807) is 28.8 Å². The van der Waals surface area contributed by atoms with Crippen molar-refractivity contribution in [2.45, 2.75) is 20.4 Å². The SMILES string of the molecule is CCN(CC)CCn1c(=O)n(-c2ccccc2Cl)c2c(Cl)cc(C(=O)O)cc21.Cl. The number of hydrogen-bond acceptors (Lipinski definition) is 3. The van der Waals surface area contributed by atoms with Crippen LogP contribution in [-0.2, 0) is 6.54 Å². The Bertz CT molecular complexity index is 1090. The van der Waals surface area contributed by atoms with Crippen LogP contribution in [0.4, 0.5) is 0 Å². The van der Waals surface area contributed by atoms with Gasteiger partial charge in [-0.3, -0.25) is 9.13 Å². The number of fused-ring (bicyclic) bond motifs is 1. The van der Waals surface area contributed by atoms with Gasteiger partial charge in [-0.15, -0.1) is 12.4 Å². The molecule has 9 heteroatoms. The number of aromatic nitrogens is 2.